The largest absolute Gasteiger partial charge is 0.496 e. The van der Waals surface area contributed by atoms with Crippen LogP contribution < -0.4 is 10.2 Å². The number of para-hydroxylation sites is 1. The van der Waals surface area contributed by atoms with E-state index < -0.39 is 29.2 Å². The van der Waals surface area contributed by atoms with Gasteiger partial charge in [-0.25, -0.2) is 9.87 Å². The minimum absolute atomic E-state index is 0.0737. The lowest BCUT2D eigenvalue weighted by atomic mass is 9.64. The fraction of sp³-hybridized carbons (Fsp3) is 0.435. The molecule has 0 aromatic heterocycles. The molecule has 3 unspecified atom stereocenters. The van der Waals surface area contributed by atoms with Gasteiger partial charge in [-0.1, -0.05) is 18.2 Å². The predicted molar refractivity (Wildman–Crippen MR) is 111 cm³/mol. The van der Waals surface area contributed by atoms with E-state index in [9.17, 15) is 17.6 Å². The molecule has 4 nitrogen and oxygen atoms in total. The second kappa shape index (κ2) is 9.36. The molecule has 0 saturated heterocycles. The fourth-order valence-electron chi connectivity index (χ4n) is 4.37. The summed E-state index contributed by atoms with van der Waals surface area (Å²) in [5.41, 5.74) is 2.65. The zero-order valence-corrected chi connectivity index (χ0v) is 17.4. The Morgan fingerprint density at radius 1 is 1.23 bits per heavy atom. The van der Waals surface area contributed by atoms with Crippen LogP contribution in [0.25, 0.3) is 0 Å². The van der Waals surface area contributed by atoms with Crippen LogP contribution >= 0.6 is 0 Å². The Morgan fingerprint density at radius 3 is 2.65 bits per heavy atom. The molecule has 1 aliphatic heterocycles. The molecule has 0 amide bonds. The van der Waals surface area contributed by atoms with Gasteiger partial charge in [0.1, 0.15) is 11.6 Å². The van der Waals surface area contributed by atoms with Gasteiger partial charge in [0.15, 0.2) is 0 Å². The smallest absolute Gasteiger partial charge is 0.391 e. The quantitative estimate of drug-likeness (QED) is 0.306. The van der Waals surface area contributed by atoms with E-state index >= 15 is 0 Å². The highest BCUT2D eigenvalue weighted by Gasteiger charge is 2.47. The number of hydroxylamine groups is 1. The van der Waals surface area contributed by atoms with Crippen LogP contribution in [-0.4, -0.2) is 31.3 Å². The molecule has 3 atom stereocenters. The number of hydrogen-bond acceptors (Lipinski definition) is 4. The van der Waals surface area contributed by atoms with E-state index in [0.717, 1.165) is 0 Å². The lowest BCUT2D eigenvalue weighted by Gasteiger charge is -2.41. The van der Waals surface area contributed by atoms with Crippen LogP contribution in [0.3, 0.4) is 0 Å². The molecule has 0 spiro atoms. The molecule has 8 heteroatoms. The molecular weight excluding hydrogens is 412 g/mol. The number of halogens is 4. The molecule has 0 saturated carbocycles. The van der Waals surface area contributed by atoms with Crippen LogP contribution in [-0.2, 0) is 5.41 Å². The van der Waals surface area contributed by atoms with E-state index in [1.165, 1.54) is 25.3 Å². The number of alkyl halides is 3. The minimum Gasteiger partial charge on any atom is -0.496 e. The van der Waals surface area contributed by atoms with Crippen molar-refractivity contribution in [1.82, 2.24) is 5.48 Å². The molecule has 0 fully saturated rings. The van der Waals surface area contributed by atoms with Crippen LogP contribution in [0.1, 0.15) is 43.2 Å². The summed E-state index contributed by atoms with van der Waals surface area (Å²) in [6.45, 7) is 1.85. The van der Waals surface area contributed by atoms with Gasteiger partial charge in [-0.3, -0.25) is 4.99 Å². The normalized spacial score (nSPS) is 21.6. The minimum atomic E-state index is -4.41. The molecule has 0 aliphatic carbocycles. The lowest BCUT2D eigenvalue weighted by Crippen LogP contribution is -2.38. The van der Waals surface area contributed by atoms with E-state index in [4.69, 9.17) is 9.94 Å². The van der Waals surface area contributed by atoms with E-state index in [-0.39, 0.29) is 25.8 Å². The van der Waals surface area contributed by atoms with Gasteiger partial charge in [-0.15, -0.1) is 0 Å². The number of nitrogens with one attached hydrogen (secondary N) is 1. The van der Waals surface area contributed by atoms with Crippen molar-refractivity contribution < 1.29 is 27.5 Å². The van der Waals surface area contributed by atoms with Gasteiger partial charge >= 0.3 is 6.18 Å². The van der Waals surface area contributed by atoms with Crippen LogP contribution in [0.15, 0.2) is 47.5 Å². The van der Waals surface area contributed by atoms with Gasteiger partial charge in [0.2, 0.25) is 0 Å². The highest BCUT2D eigenvalue weighted by atomic mass is 19.4. The molecule has 1 aliphatic rings. The highest BCUT2D eigenvalue weighted by Crippen LogP contribution is 2.52. The van der Waals surface area contributed by atoms with Gasteiger partial charge in [0, 0.05) is 29.7 Å². The standard InChI is InChI=1S/C23H26F4N2O2/c1-22(19-13-16(24)9-10-21(19)31-2)14-28-20-8-4-3-7-17(20)18(22)12-15(23(25,26)27)6-5-11-29-30/h3-4,7-10,13-15,18,29-30H,5-6,11-12H2,1-2H3. The average molecular weight is 438 g/mol. The second-order valence-electron chi connectivity index (χ2n) is 8.02. The van der Waals surface area contributed by atoms with Gasteiger partial charge in [0.05, 0.1) is 18.7 Å². The molecule has 1 heterocycles. The SMILES string of the molecule is COc1ccc(F)cc1C1(C)C=Nc2ccccc2C1CC(CCCNO)C(F)(F)F. The summed E-state index contributed by atoms with van der Waals surface area (Å²) in [6.07, 6.45) is -2.97. The molecule has 168 valence electrons. The Balaban J connectivity index is 2.10. The highest BCUT2D eigenvalue weighted by molar-refractivity contribution is 5.83. The van der Waals surface area contributed by atoms with Crippen LogP contribution in [0.5, 0.6) is 5.75 Å². The van der Waals surface area contributed by atoms with Crippen LogP contribution in [0.4, 0.5) is 23.2 Å². The Morgan fingerprint density at radius 2 is 1.97 bits per heavy atom. The third-order valence-electron chi connectivity index (χ3n) is 6.07. The first-order valence-electron chi connectivity index (χ1n) is 10.1. The first kappa shape index (κ1) is 23.2. The van der Waals surface area contributed by atoms with Crippen molar-refractivity contribution in [3.63, 3.8) is 0 Å². The maximum Gasteiger partial charge on any atom is 0.391 e. The van der Waals surface area contributed by atoms with Gasteiger partial charge in [-0.2, -0.15) is 13.2 Å². The van der Waals surface area contributed by atoms with Gasteiger partial charge in [-0.05, 0) is 56.0 Å². The van der Waals surface area contributed by atoms with Crippen molar-refractivity contribution in [2.24, 2.45) is 10.9 Å². The van der Waals surface area contributed by atoms with Crippen molar-refractivity contribution in [2.75, 3.05) is 13.7 Å². The zero-order chi connectivity index (χ0) is 22.6. The summed E-state index contributed by atoms with van der Waals surface area (Å²) >= 11 is 0. The number of aliphatic imine (C=N–C) groups is 1. The summed E-state index contributed by atoms with van der Waals surface area (Å²) in [5.74, 6) is -2.30. The summed E-state index contributed by atoms with van der Waals surface area (Å²) < 4.78 is 61.4. The molecule has 2 aromatic rings. The Kier molecular flexibility index (Phi) is 7.01. The Labute approximate surface area is 178 Å². The van der Waals surface area contributed by atoms with E-state index in [0.29, 0.717) is 22.6 Å². The Hall–Kier alpha value is -2.45. The third kappa shape index (κ3) is 4.91. The van der Waals surface area contributed by atoms with Crippen LogP contribution in [0.2, 0.25) is 0 Å². The van der Waals surface area contributed by atoms with Crippen LogP contribution in [0, 0.1) is 11.7 Å². The summed E-state index contributed by atoms with van der Waals surface area (Å²) in [5, 5.41) is 8.75. The molecule has 0 radical (unpaired) electrons. The molecule has 2 N–H and O–H groups in total. The first-order chi connectivity index (χ1) is 14.7. The second-order valence-corrected chi connectivity index (χ2v) is 8.02. The zero-order valence-electron chi connectivity index (χ0n) is 17.4. The van der Waals surface area contributed by atoms with E-state index in [2.05, 4.69) is 4.99 Å². The molecule has 31 heavy (non-hydrogen) atoms. The maximum atomic E-state index is 14.2. The maximum absolute atomic E-state index is 14.2. The molecular formula is C23H26F4N2O2. The number of benzene rings is 2. The van der Waals surface area contributed by atoms with Crippen molar-refractivity contribution in [2.45, 2.75) is 43.7 Å². The first-order valence-corrected chi connectivity index (χ1v) is 10.1. The van der Waals surface area contributed by atoms with Crippen molar-refractivity contribution in [3.8, 4) is 5.75 Å². The number of fused-ring (bicyclic) bond motifs is 1. The molecule has 2 aromatic carbocycles. The summed E-state index contributed by atoms with van der Waals surface area (Å²) in [4.78, 5) is 4.50. The topological polar surface area (TPSA) is 53.8 Å². The van der Waals surface area contributed by atoms with E-state index in [1.54, 1.807) is 37.4 Å². The number of methoxy groups -OCH3 is 1. The monoisotopic (exact) mass is 438 g/mol. The van der Waals surface area contributed by atoms with Crippen molar-refractivity contribution >= 4 is 11.9 Å². The Bertz CT molecular complexity index is 932. The summed E-state index contributed by atoms with van der Waals surface area (Å²) in [7, 11) is 1.45. The average Bonchev–Trinajstić information content (AvgIpc) is 2.74. The van der Waals surface area contributed by atoms with E-state index in [1.807, 2.05) is 5.48 Å². The molecule has 0 bridgehead atoms. The van der Waals surface area contributed by atoms with Gasteiger partial charge < -0.3 is 9.94 Å². The number of nitrogens with zero attached hydrogens (tertiary/aromatic N) is 1. The third-order valence-corrected chi connectivity index (χ3v) is 6.07. The lowest BCUT2D eigenvalue weighted by molar-refractivity contribution is -0.180. The fourth-order valence-corrected chi connectivity index (χ4v) is 4.37. The number of ether oxygens (including phenoxy) is 1. The van der Waals surface area contributed by atoms with Crippen molar-refractivity contribution in [3.05, 3.63) is 59.4 Å². The summed E-state index contributed by atoms with van der Waals surface area (Å²) in [6, 6.07) is 11.2. The number of rotatable bonds is 8. The van der Waals surface area contributed by atoms with Gasteiger partial charge in [0.25, 0.3) is 0 Å². The number of hydrogen-bond donors (Lipinski definition) is 2. The molecule has 3 rings (SSSR count). The van der Waals surface area contributed by atoms with Crippen molar-refractivity contribution in [1.29, 1.82) is 0 Å². The predicted octanol–water partition coefficient (Wildman–Crippen LogP) is 5.92.